The summed E-state index contributed by atoms with van der Waals surface area (Å²) in [5, 5.41) is 0. The Morgan fingerprint density at radius 3 is 0.656 bits per heavy atom. The summed E-state index contributed by atoms with van der Waals surface area (Å²) < 4.78 is 13.1. The van der Waals surface area contributed by atoms with Crippen molar-refractivity contribution in [1.29, 1.82) is 1.28 Å². The van der Waals surface area contributed by atoms with Crippen LogP contribution in [-0.2, 0) is 27.0 Å². The summed E-state index contributed by atoms with van der Waals surface area (Å²) in [5.74, 6) is 0. The molecule has 10 rings (SSSR count). The van der Waals surface area contributed by atoms with Crippen LogP contribution in [0.15, 0.2) is 60.7 Å². The van der Waals surface area contributed by atoms with Crippen molar-refractivity contribution in [2.24, 2.45) is 0 Å². The van der Waals surface area contributed by atoms with Crippen molar-refractivity contribution in [2.45, 2.75) is 355 Å². The second-order valence-electron chi connectivity index (χ2n) is 27.2. The molecule has 0 aromatic heterocycles. The Morgan fingerprint density at radius 2 is 0.489 bits per heavy atom. The number of benzene rings is 2. The average molecular weight is 1680 g/mol. The fourth-order valence-electron chi connectivity index (χ4n) is 16.9. The molecule has 0 saturated heterocycles. The van der Waals surface area contributed by atoms with Gasteiger partial charge in [-0.25, -0.2) is 0 Å². The van der Waals surface area contributed by atoms with Gasteiger partial charge in [-0.3, -0.25) is 0 Å². The molecule has 0 aliphatic heterocycles. The third-order valence-electron chi connectivity index (χ3n) is 21.0. The van der Waals surface area contributed by atoms with Gasteiger partial charge in [0.15, 0.2) is 0 Å². The Bertz CT molecular complexity index is 1740. The van der Waals surface area contributed by atoms with E-state index in [2.05, 4.69) is 27.7 Å². The molecule has 0 radical (unpaired) electrons. The zero-order valence-electron chi connectivity index (χ0n) is 58.5. The minimum atomic E-state index is -1.61. The van der Waals surface area contributed by atoms with E-state index in [9.17, 15) is 1.28 Å². The van der Waals surface area contributed by atoms with Crippen LogP contribution in [0.2, 0.25) is 0 Å². The molecular formula is C75H135Cl9P4Ru2-2. The maximum absolute atomic E-state index is 9.22. The Morgan fingerprint density at radius 1 is 0.311 bits per heavy atom. The topological polar surface area (TPSA) is 0 Å². The van der Waals surface area contributed by atoms with Crippen LogP contribution in [0.5, 0.6) is 0 Å². The van der Waals surface area contributed by atoms with E-state index in [0.717, 1.165) is 22.4 Å². The molecule has 0 nitrogen and oxygen atoms in total. The van der Waals surface area contributed by atoms with E-state index < -0.39 is 34.9 Å². The van der Waals surface area contributed by atoms with Gasteiger partial charge in [-0.15, -0.1) is 0 Å². The summed E-state index contributed by atoms with van der Waals surface area (Å²) in [5.41, 5.74) is 11.2. The van der Waals surface area contributed by atoms with Crippen LogP contribution in [0.1, 0.15) is 321 Å². The Hall–Kier alpha value is 3.76. The van der Waals surface area contributed by atoms with Gasteiger partial charge >= 0.3 is 147 Å². The van der Waals surface area contributed by atoms with Gasteiger partial charge in [0.2, 0.25) is 0 Å². The number of hydrogen-bond donors (Lipinski definition) is 0. The van der Waals surface area contributed by atoms with Crippen molar-refractivity contribution in [3.8, 4) is 0 Å². The molecule has 8 saturated carbocycles. The molecule has 0 atom stereocenters. The van der Waals surface area contributed by atoms with Crippen molar-refractivity contribution in [3.05, 3.63) is 79.2 Å². The number of halogens is 9. The van der Waals surface area contributed by atoms with Crippen LogP contribution in [-0.4, -0.2) is 80.4 Å². The van der Waals surface area contributed by atoms with Gasteiger partial charge in [0.25, 0.3) is 1.28 Å². The summed E-state index contributed by atoms with van der Waals surface area (Å²) in [6, 6.07) is 19.8. The van der Waals surface area contributed by atoms with E-state index >= 15 is 0 Å². The normalized spacial score (nSPS) is 20.5. The molecule has 90 heavy (non-hydrogen) atoms. The summed E-state index contributed by atoms with van der Waals surface area (Å²) in [4.78, 5) is 0. The SMILES string of the molecule is CCC[PH+](C1CCCCC1)C1CCCCC1.CCC[PH+](C1CCCCC1)C1CCCCC1.CCC[PH+](C1CCCCC1)C1CCCCC1.[2H][P+](CCC)(C1CCCCC1)C1CCCCC1.[CH3-].[Cl-].[Cl-].[Cl-].[Cl-].[Cl-].[Cl][Ru]([Cl])=[CH]c1ccccc1.[Cl][Ru]([Cl])=[CH]c1ccccc1. The van der Waals surface area contributed by atoms with Crippen LogP contribution in [0.3, 0.4) is 0 Å². The van der Waals surface area contributed by atoms with Crippen LogP contribution in [0.4, 0.5) is 0 Å². The van der Waals surface area contributed by atoms with Gasteiger partial charge in [0, 0.05) is 31.6 Å². The van der Waals surface area contributed by atoms with E-state index in [1.54, 1.807) is 173 Å². The number of hydrogen-bond acceptors (Lipinski definition) is 0. The summed E-state index contributed by atoms with van der Waals surface area (Å²) in [7, 11) is 21.3. The predicted octanol–water partition coefficient (Wildman–Crippen LogP) is 12.1. The first kappa shape index (κ1) is 93.8. The standard InChI is InChI=1S/4C15H29P.2C7H6.CH3.9ClH.2Ru/c4*1-2-13-16(14-9-5-3-6-10-14)15-11-7-4-8-12-15;2*1-7-5-3-2-4-6-7;;;;;;;;;;;;/h4*14-15H,2-13H2,1H3;2*1-6H;1H3;9*1H;;/q;;;;;;-1;;;;;;;;;;2*+2/p-5/i/hD. The van der Waals surface area contributed by atoms with Crippen LogP contribution < -0.4 is 62.0 Å². The number of rotatable bonds is 18. The van der Waals surface area contributed by atoms with E-state index in [-0.39, 0.29) is 93.2 Å². The molecule has 536 valence electrons. The van der Waals surface area contributed by atoms with Gasteiger partial charge in [0.1, 0.15) is 0 Å². The molecule has 2 aromatic carbocycles. The van der Waals surface area contributed by atoms with Gasteiger partial charge in [-0.2, -0.15) is 0 Å². The van der Waals surface area contributed by atoms with Crippen LogP contribution in [0, 0.1) is 7.43 Å². The Labute approximate surface area is 622 Å². The molecule has 0 amide bonds. The molecular weight excluding hydrogens is 1550 g/mol. The molecule has 8 aliphatic carbocycles. The molecule has 0 spiro atoms. The van der Waals surface area contributed by atoms with Gasteiger partial charge in [-0.1, -0.05) is 79.1 Å². The van der Waals surface area contributed by atoms with Crippen molar-refractivity contribution in [1.82, 2.24) is 0 Å². The molecule has 0 bridgehead atoms. The first-order valence-electron chi connectivity index (χ1n) is 36.8. The Kier molecular flexibility index (Phi) is 65.1. The molecule has 0 unspecified atom stereocenters. The second-order valence-corrected chi connectivity index (χ2v) is 51.5. The van der Waals surface area contributed by atoms with E-state index in [1.165, 1.54) is 169 Å². The predicted molar refractivity (Wildman–Crippen MR) is 402 cm³/mol. The summed E-state index contributed by atoms with van der Waals surface area (Å²) in [6.45, 7) is 9.54. The molecule has 0 heterocycles. The van der Waals surface area contributed by atoms with Gasteiger partial charge < -0.3 is 69.5 Å². The Balaban J connectivity index is 0. The first-order valence-corrected chi connectivity index (χ1v) is 54.5. The van der Waals surface area contributed by atoms with Crippen molar-refractivity contribution >= 4 is 79.6 Å². The second kappa shape index (κ2) is 62.5. The quantitative estimate of drug-likeness (QED) is 0.0793. The van der Waals surface area contributed by atoms with Crippen molar-refractivity contribution in [3.63, 3.8) is 0 Å². The fraction of sp³-hybridized carbons (Fsp3) is 0.800. The van der Waals surface area contributed by atoms with Crippen LogP contribution >= 0.6 is 70.4 Å². The molecule has 15 heteroatoms. The van der Waals surface area contributed by atoms with Crippen molar-refractivity contribution < 1.29 is 89.1 Å². The van der Waals surface area contributed by atoms with E-state index in [1.807, 2.05) is 69.9 Å². The van der Waals surface area contributed by atoms with Gasteiger partial charge in [-0.05, 0) is 231 Å². The molecule has 2 aromatic rings. The zero-order chi connectivity index (χ0) is 60.6. The molecule has 8 aliphatic rings. The van der Waals surface area contributed by atoms with Gasteiger partial charge in [0.05, 0.1) is 69.9 Å². The van der Waals surface area contributed by atoms with Crippen molar-refractivity contribution in [2.75, 3.05) is 24.6 Å². The molecule has 8 fully saturated rings. The summed E-state index contributed by atoms with van der Waals surface area (Å²) >= 11 is -3.23. The zero-order valence-corrected chi connectivity index (χ0v) is 71.7. The molecule has 0 N–H and O–H groups in total. The first-order chi connectivity index (χ1) is 41.6. The summed E-state index contributed by atoms with van der Waals surface area (Å²) in [6.07, 6.45) is 72.9. The maximum atomic E-state index is 9.22. The monoisotopic (exact) mass is 1680 g/mol. The minimum absolute atomic E-state index is 0. The fourth-order valence-corrected chi connectivity index (χ4v) is 37.5. The third-order valence-corrected chi connectivity index (χ3v) is 41.6. The van der Waals surface area contributed by atoms with E-state index in [0.29, 0.717) is 0 Å². The third kappa shape index (κ3) is 41.0. The van der Waals surface area contributed by atoms with E-state index in [4.69, 9.17) is 38.8 Å². The average Bonchev–Trinajstić information content (AvgIpc) is 0.929. The van der Waals surface area contributed by atoms with Crippen LogP contribution in [0.25, 0.3) is 0 Å².